The molecule has 3 rings (SSSR count). The number of methoxy groups -OCH3 is 1. The van der Waals surface area contributed by atoms with Gasteiger partial charge in [0.15, 0.2) is 0 Å². The number of halogens is 1. The monoisotopic (exact) mass is 331 g/mol. The van der Waals surface area contributed by atoms with Crippen LogP contribution in [0.1, 0.15) is 11.7 Å². The molecule has 0 amide bonds. The van der Waals surface area contributed by atoms with Gasteiger partial charge in [-0.1, -0.05) is 18.2 Å². The maximum absolute atomic E-state index is 13.7. The number of hydrogen-bond donors (Lipinski definition) is 1. The lowest BCUT2D eigenvalue weighted by molar-refractivity contribution is 0.106. The van der Waals surface area contributed by atoms with Gasteiger partial charge in [-0.25, -0.2) is 9.37 Å². The number of aliphatic hydroxyl groups is 1. The van der Waals surface area contributed by atoms with E-state index < -0.39 is 6.10 Å². The van der Waals surface area contributed by atoms with E-state index in [1.165, 1.54) is 6.07 Å². The van der Waals surface area contributed by atoms with E-state index in [9.17, 15) is 9.50 Å². The zero-order valence-electron chi connectivity index (χ0n) is 13.7. The Bertz CT molecular complexity index is 675. The van der Waals surface area contributed by atoms with Gasteiger partial charge in [0, 0.05) is 50.6 Å². The van der Waals surface area contributed by atoms with Crippen molar-refractivity contribution in [3.63, 3.8) is 0 Å². The van der Waals surface area contributed by atoms with Crippen LogP contribution < -0.4 is 9.64 Å². The quantitative estimate of drug-likeness (QED) is 0.909. The number of piperazine rings is 1. The molecular formula is C18H22FN3O2. The lowest BCUT2D eigenvalue weighted by Crippen LogP contribution is -2.47. The van der Waals surface area contributed by atoms with Crippen molar-refractivity contribution in [3.05, 3.63) is 54.0 Å². The highest BCUT2D eigenvalue weighted by molar-refractivity contribution is 5.44. The summed E-state index contributed by atoms with van der Waals surface area (Å²) in [7, 11) is 1.64. The third kappa shape index (κ3) is 3.83. The highest BCUT2D eigenvalue weighted by atomic mass is 19.1. The Balaban J connectivity index is 1.56. The molecule has 0 spiro atoms. The van der Waals surface area contributed by atoms with Crippen LogP contribution in [-0.4, -0.2) is 54.8 Å². The summed E-state index contributed by atoms with van der Waals surface area (Å²) in [5.41, 5.74) is 0.356. The summed E-state index contributed by atoms with van der Waals surface area (Å²) < 4.78 is 19.0. The summed E-state index contributed by atoms with van der Waals surface area (Å²) in [5, 5.41) is 10.3. The molecule has 5 nitrogen and oxygen atoms in total. The van der Waals surface area contributed by atoms with E-state index >= 15 is 0 Å². The lowest BCUT2D eigenvalue weighted by atomic mass is 10.1. The largest absolute Gasteiger partial charge is 0.497 e. The standard InChI is InChI=1S/C18H22FN3O2/c1-24-14-6-7-20-18(12-14)22-10-8-21(9-11-22)13-17(23)15-4-2-3-5-16(15)19/h2-7,12,17,23H,8-11,13H2,1H3. The molecule has 1 aliphatic heterocycles. The number of benzene rings is 1. The van der Waals surface area contributed by atoms with Crippen LogP contribution in [0.4, 0.5) is 10.2 Å². The Morgan fingerprint density at radius 1 is 1.21 bits per heavy atom. The molecule has 1 fully saturated rings. The topological polar surface area (TPSA) is 48.8 Å². The van der Waals surface area contributed by atoms with Gasteiger partial charge in [0.25, 0.3) is 0 Å². The maximum atomic E-state index is 13.7. The van der Waals surface area contributed by atoms with Crippen LogP contribution in [0.25, 0.3) is 0 Å². The minimum atomic E-state index is -0.812. The van der Waals surface area contributed by atoms with Gasteiger partial charge >= 0.3 is 0 Å². The van der Waals surface area contributed by atoms with Crippen molar-refractivity contribution in [2.24, 2.45) is 0 Å². The maximum Gasteiger partial charge on any atom is 0.132 e. The molecule has 1 atom stereocenters. The fraction of sp³-hybridized carbons (Fsp3) is 0.389. The summed E-state index contributed by atoms with van der Waals surface area (Å²) in [6.07, 6.45) is 0.926. The normalized spacial score (nSPS) is 16.9. The number of β-amino-alcohol motifs (C(OH)–C–C–N with tert-alkyl or cyclic N) is 1. The Morgan fingerprint density at radius 2 is 1.96 bits per heavy atom. The first-order valence-electron chi connectivity index (χ1n) is 8.07. The van der Waals surface area contributed by atoms with Crippen LogP contribution >= 0.6 is 0 Å². The second kappa shape index (κ2) is 7.59. The van der Waals surface area contributed by atoms with Crippen molar-refractivity contribution in [3.8, 4) is 5.75 Å². The van der Waals surface area contributed by atoms with E-state index in [0.29, 0.717) is 12.1 Å². The number of pyridine rings is 1. The van der Waals surface area contributed by atoms with Crippen molar-refractivity contribution in [2.75, 3.05) is 44.7 Å². The van der Waals surface area contributed by atoms with Gasteiger partial charge in [-0.2, -0.15) is 0 Å². The fourth-order valence-corrected chi connectivity index (χ4v) is 2.95. The zero-order chi connectivity index (χ0) is 16.9. The summed E-state index contributed by atoms with van der Waals surface area (Å²) in [6.45, 7) is 3.64. The average molecular weight is 331 g/mol. The first-order chi connectivity index (χ1) is 11.7. The second-order valence-electron chi connectivity index (χ2n) is 5.88. The molecule has 1 aromatic heterocycles. The highest BCUT2D eigenvalue weighted by Gasteiger charge is 2.22. The predicted molar refractivity (Wildman–Crippen MR) is 90.8 cm³/mol. The number of nitrogens with zero attached hydrogens (tertiary/aromatic N) is 3. The Kier molecular flexibility index (Phi) is 5.27. The third-order valence-corrected chi connectivity index (χ3v) is 4.34. The van der Waals surface area contributed by atoms with Gasteiger partial charge in [-0.15, -0.1) is 0 Å². The molecule has 1 aliphatic rings. The molecule has 2 heterocycles. The zero-order valence-corrected chi connectivity index (χ0v) is 13.7. The van der Waals surface area contributed by atoms with Crippen molar-refractivity contribution >= 4 is 5.82 Å². The van der Waals surface area contributed by atoms with Crippen LogP contribution in [0, 0.1) is 5.82 Å². The fourth-order valence-electron chi connectivity index (χ4n) is 2.95. The summed E-state index contributed by atoms with van der Waals surface area (Å²) in [6, 6.07) is 10.1. The van der Waals surface area contributed by atoms with Crippen molar-refractivity contribution in [1.82, 2.24) is 9.88 Å². The van der Waals surface area contributed by atoms with Gasteiger partial charge in [0.05, 0.1) is 13.2 Å². The minimum Gasteiger partial charge on any atom is -0.497 e. The third-order valence-electron chi connectivity index (χ3n) is 4.34. The molecule has 24 heavy (non-hydrogen) atoms. The second-order valence-corrected chi connectivity index (χ2v) is 5.88. The van der Waals surface area contributed by atoms with Gasteiger partial charge in [0.1, 0.15) is 17.4 Å². The lowest BCUT2D eigenvalue weighted by Gasteiger charge is -2.36. The SMILES string of the molecule is COc1ccnc(N2CCN(CC(O)c3ccccc3F)CC2)c1. The summed E-state index contributed by atoms with van der Waals surface area (Å²) in [5.74, 6) is 1.32. The van der Waals surface area contributed by atoms with Crippen LogP contribution in [0.3, 0.4) is 0 Å². The van der Waals surface area contributed by atoms with E-state index in [-0.39, 0.29) is 5.82 Å². The van der Waals surface area contributed by atoms with E-state index in [2.05, 4.69) is 14.8 Å². The first-order valence-corrected chi connectivity index (χ1v) is 8.07. The van der Waals surface area contributed by atoms with Crippen molar-refractivity contribution in [1.29, 1.82) is 0 Å². The number of anilines is 1. The molecule has 0 bridgehead atoms. The van der Waals surface area contributed by atoms with Crippen molar-refractivity contribution < 1.29 is 14.2 Å². The van der Waals surface area contributed by atoms with Gasteiger partial charge in [-0.05, 0) is 12.1 Å². The average Bonchev–Trinajstić information content (AvgIpc) is 2.62. The Labute approximate surface area is 141 Å². The van der Waals surface area contributed by atoms with E-state index in [1.54, 1.807) is 31.5 Å². The van der Waals surface area contributed by atoms with Gasteiger partial charge in [0.2, 0.25) is 0 Å². The highest BCUT2D eigenvalue weighted by Crippen LogP contribution is 2.21. The van der Waals surface area contributed by atoms with E-state index in [1.807, 2.05) is 12.1 Å². The Morgan fingerprint density at radius 3 is 2.67 bits per heavy atom. The molecular weight excluding hydrogens is 309 g/mol. The molecule has 1 aromatic carbocycles. The smallest absolute Gasteiger partial charge is 0.132 e. The molecule has 6 heteroatoms. The number of ether oxygens (including phenoxy) is 1. The van der Waals surface area contributed by atoms with E-state index in [4.69, 9.17) is 4.74 Å². The van der Waals surface area contributed by atoms with Crippen molar-refractivity contribution in [2.45, 2.75) is 6.10 Å². The first kappa shape index (κ1) is 16.7. The predicted octanol–water partition coefficient (Wildman–Crippen LogP) is 2.08. The van der Waals surface area contributed by atoms with Crippen LogP contribution in [0.15, 0.2) is 42.6 Å². The number of aliphatic hydroxyl groups excluding tert-OH is 1. The molecule has 1 saturated heterocycles. The molecule has 1 unspecified atom stereocenters. The molecule has 0 aliphatic carbocycles. The molecule has 0 radical (unpaired) electrons. The molecule has 1 N–H and O–H groups in total. The minimum absolute atomic E-state index is 0.356. The Hall–Kier alpha value is -2.18. The number of rotatable bonds is 5. The van der Waals surface area contributed by atoms with Gasteiger partial charge in [-0.3, -0.25) is 4.90 Å². The number of aromatic nitrogens is 1. The summed E-state index contributed by atoms with van der Waals surface area (Å²) in [4.78, 5) is 8.72. The van der Waals surface area contributed by atoms with Crippen LogP contribution in [-0.2, 0) is 0 Å². The van der Waals surface area contributed by atoms with E-state index in [0.717, 1.165) is 37.7 Å². The summed E-state index contributed by atoms with van der Waals surface area (Å²) >= 11 is 0. The van der Waals surface area contributed by atoms with Crippen LogP contribution in [0.2, 0.25) is 0 Å². The molecule has 0 saturated carbocycles. The molecule has 128 valence electrons. The molecule has 2 aromatic rings. The number of hydrogen-bond acceptors (Lipinski definition) is 5. The van der Waals surface area contributed by atoms with Gasteiger partial charge < -0.3 is 14.7 Å². The van der Waals surface area contributed by atoms with Crippen LogP contribution in [0.5, 0.6) is 5.75 Å².